The van der Waals surface area contributed by atoms with Gasteiger partial charge in [0.1, 0.15) is 23.9 Å². The number of rotatable bonds is 10. The molecular formula is C31H47N5O6. The van der Waals surface area contributed by atoms with Crippen molar-refractivity contribution >= 4 is 17.7 Å². The van der Waals surface area contributed by atoms with Crippen LogP contribution in [0.2, 0.25) is 0 Å². The first-order valence-corrected chi connectivity index (χ1v) is 15.7. The van der Waals surface area contributed by atoms with Gasteiger partial charge in [0.25, 0.3) is 0 Å². The molecule has 0 unspecified atom stereocenters. The Balaban J connectivity index is 1.40. The normalized spacial score (nSPS) is 27.7. The third-order valence-corrected chi connectivity index (χ3v) is 9.48. The summed E-state index contributed by atoms with van der Waals surface area (Å²) in [7, 11) is 1.61. The van der Waals surface area contributed by atoms with E-state index < -0.39 is 24.0 Å². The van der Waals surface area contributed by atoms with Crippen LogP contribution in [0, 0.1) is 5.92 Å². The lowest BCUT2D eigenvalue weighted by Gasteiger charge is -2.45. The van der Waals surface area contributed by atoms with Crippen LogP contribution >= 0.6 is 0 Å². The molecule has 232 valence electrons. The van der Waals surface area contributed by atoms with Crippen molar-refractivity contribution in [3.05, 3.63) is 29.8 Å². The predicted molar refractivity (Wildman–Crippen MR) is 157 cm³/mol. The molecule has 0 radical (unpaired) electrons. The van der Waals surface area contributed by atoms with Gasteiger partial charge in [-0.2, -0.15) is 0 Å². The van der Waals surface area contributed by atoms with Crippen molar-refractivity contribution in [2.24, 2.45) is 5.92 Å². The number of amides is 3. The molecule has 6 atom stereocenters. The van der Waals surface area contributed by atoms with Crippen LogP contribution in [0.4, 0.5) is 0 Å². The Bertz CT molecular complexity index is 1090. The number of likely N-dealkylation sites (N-methyl/N-ethyl adjacent to an activating group) is 1. The fourth-order valence-corrected chi connectivity index (χ4v) is 7.20. The predicted octanol–water partition coefficient (Wildman–Crippen LogP) is 0.962. The van der Waals surface area contributed by atoms with E-state index in [-0.39, 0.29) is 42.5 Å². The van der Waals surface area contributed by atoms with Crippen LogP contribution in [0.1, 0.15) is 63.5 Å². The minimum Gasteiger partial charge on any atom is -0.493 e. The van der Waals surface area contributed by atoms with Crippen molar-refractivity contribution in [2.75, 3.05) is 46.5 Å². The Morgan fingerprint density at radius 2 is 1.88 bits per heavy atom. The number of para-hydroxylation sites is 1. The molecule has 2 saturated heterocycles. The summed E-state index contributed by atoms with van der Waals surface area (Å²) in [4.78, 5) is 45.7. The highest BCUT2D eigenvalue weighted by molar-refractivity contribution is 5.94. The molecule has 4 N–H and O–H groups in total. The number of piperazine rings is 1. The van der Waals surface area contributed by atoms with Crippen LogP contribution in [0.5, 0.6) is 5.75 Å². The van der Waals surface area contributed by atoms with Gasteiger partial charge in [-0.25, -0.2) is 0 Å². The smallest absolute Gasteiger partial charge is 0.246 e. The van der Waals surface area contributed by atoms with Crippen LogP contribution in [-0.4, -0.2) is 109 Å². The quantitative estimate of drug-likeness (QED) is 0.319. The number of aliphatic hydroxyl groups excluding tert-OH is 1. The Hall–Kier alpha value is -2.73. The number of fused-ring (bicyclic) bond motifs is 2. The van der Waals surface area contributed by atoms with Crippen molar-refractivity contribution in [3.63, 3.8) is 0 Å². The molecule has 11 nitrogen and oxygen atoms in total. The van der Waals surface area contributed by atoms with Crippen molar-refractivity contribution < 1.29 is 29.0 Å². The number of benzene rings is 1. The number of carbonyl (C=O) groups excluding carboxylic acids is 3. The number of carbonyl (C=O) groups is 3. The molecule has 1 aliphatic carbocycles. The van der Waals surface area contributed by atoms with Crippen LogP contribution < -0.4 is 20.7 Å². The monoisotopic (exact) mass is 585 g/mol. The van der Waals surface area contributed by atoms with Crippen molar-refractivity contribution in [1.82, 2.24) is 25.8 Å². The lowest BCUT2D eigenvalue weighted by Crippen LogP contribution is -2.66. The fraction of sp³-hybridized carbons (Fsp3) is 0.710. The second-order valence-corrected chi connectivity index (χ2v) is 12.1. The first-order chi connectivity index (χ1) is 20.4. The molecule has 5 rings (SSSR count). The molecule has 1 aromatic rings. The van der Waals surface area contributed by atoms with E-state index in [4.69, 9.17) is 9.47 Å². The summed E-state index contributed by atoms with van der Waals surface area (Å²) in [6, 6.07) is 5.35. The maximum Gasteiger partial charge on any atom is 0.246 e. The molecule has 3 fully saturated rings. The highest BCUT2D eigenvalue weighted by Gasteiger charge is 2.47. The van der Waals surface area contributed by atoms with Gasteiger partial charge in [0.05, 0.1) is 25.4 Å². The number of aliphatic hydroxyl groups is 1. The van der Waals surface area contributed by atoms with Crippen molar-refractivity contribution in [1.29, 1.82) is 0 Å². The van der Waals surface area contributed by atoms with E-state index in [9.17, 15) is 19.5 Å². The third kappa shape index (κ3) is 6.74. The van der Waals surface area contributed by atoms with E-state index in [0.29, 0.717) is 32.7 Å². The summed E-state index contributed by atoms with van der Waals surface area (Å²) in [5.74, 6) is -0.0571. The first kappa shape index (κ1) is 30.7. The molecule has 3 heterocycles. The minimum absolute atomic E-state index is 0.0183. The molecule has 0 aromatic heterocycles. The maximum absolute atomic E-state index is 14.5. The summed E-state index contributed by atoms with van der Waals surface area (Å²) in [5, 5.41) is 18.8. The van der Waals surface area contributed by atoms with Crippen LogP contribution in [-0.2, 0) is 19.1 Å². The fourth-order valence-electron chi connectivity index (χ4n) is 7.20. The number of hydrogen-bond donors (Lipinski definition) is 4. The lowest BCUT2D eigenvalue weighted by atomic mass is 9.82. The number of nitrogens with one attached hydrogen (secondary N) is 3. The van der Waals surface area contributed by atoms with Gasteiger partial charge < -0.3 is 35.4 Å². The van der Waals surface area contributed by atoms with Crippen LogP contribution in [0.15, 0.2) is 24.3 Å². The summed E-state index contributed by atoms with van der Waals surface area (Å²) >= 11 is 0. The van der Waals surface area contributed by atoms with Gasteiger partial charge in [0, 0.05) is 44.3 Å². The van der Waals surface area contributed by atoms with E-state index >= 15 is 0 Å². The zero-order valence-electron chi connectivity index (χ0n) is 24.9. The summed E-state index contributed by atoms with van der Waals surface area (Å²) in [5.41, 5.74) is 0.940. The van der Waals surface area contributed by atoms with Gasteiger partial charge in [-0.3, -0.25) is 19.3 Å². The maximum atomic E-state index is 14.5. The molecule has 42 heavy (non-hydrogen) atoms. The zero-order chi connectivity index (χ0) is 29.6. The highest BCUT2D eigenvalue weighted by atomic mass is 16.5. The van der Waals surface area contributed by atoms with E-state index in [2.05, 4.69) is 20.9 Å². The van der Waals surface area contributed by atoms with Gasteiger partial charge >= 0.3 is 0 Å². The number of nitrogens with zero attached hydrogens (tertiary/aromatic N) is 2. The van der Waals surface area contributed by atoms with Gasteiger partial charge in [-0.05, 0) is 45.2 Å². The van der Waals surface area contributed by atoms with Crippen LogP contribution in [0.3, 0.4) is 0 Å². The number of ether oxygens (including phenoxy) is 2. The molecule has 3 amide bonds. The van der Waals surface area contributed by atoms with Crippen LogP contribution in [0.25, 0.3) is 0 Å². The topological polar surface area (TPSA) is 132 Å². The van der Waals surface area contributed by atoms with Gasteiger partial charge in [0.15, 0.2) is 0 Å². The van der Waals surface area contributed by atoms with E-state index in [1.165, 1.54) is 0 Å². The minimum atomic E-state index is -0.810. The summed E-state index contributed by atoms with van der Waals surface area (Å²) in [6.45, 7) is 4.29. The van der Waals surface area contributed by atoms with Gasteiger partial charge in [0.2, 0.25) is 17.7 Å². The summed E-state index contributed by atoms with van der Waals surface area (Å²) < 4.78 is 11.7. The molecule has 0 spiro atoms. The average Bonchev–Trinajstić information content (AvgIpc) is 3.41. The SMILES string of the molecule is CCO[C@@H]1C[C@@H]2CN(C(=O)[C@@H](NC(=O)[C@H](CO)NC)C3CCCCC3)[C@H](C(=O)N[C@@H]3CCOc4ccccc43)CN2C1. The highest BCUT2D eigenvalue weighted by Crippen LogP contribution is 2.34. The second-order valence-electron chi connectivity index (χ2n) is 12.1. The van der Waals surface area contributed by atoms with E-state index in [1.807, 2.05) is 31.2 Å². The Morgan fingerprint density at radius 3 is 2.62 bits per heavy atom. The molecule has 0 bridgehead atoms. The lowest BCUT2D eigenvalue weighted by molar-refractivity contribution is -0.149. The van der Waals surface area contributed by atoms with E-state index in [0.717, 1.165) is 56.4 Å². The van der Waals surface area contributed by atoms with Crippen molar-refractivity contribution in [3.8, 4) is 5.75 Å². The Labute approximate surface area is 248 Å². The first-order valence-electron chi connectivity index (χ1n) is 15.7. The average molecular weight is 586 g/mol. The summed E-state index contributed by atoms with van der Waals surface area (Å²) in [6.07, 6.45) is 6.30. The third-order valence-electron chi connectivity index (χ3n) is 9.48. The molecule has 1 saturated carbocycles. The van der Waals surface area contributed by atoms with Crippen molar-refractivity contribution in [2.45, 2.75) is 88.2 Å². The standard InChI is InChI=1S/C31H47N5O6/c1-3-41-22-15-21-16-36(31(40)28(20-9-5-4-6-10-20)34-29(38)25(19-37)32-2)26(18-35(21)17-22)30(39)33-24-13-14-42-27-12-8-7-11-23(24)27/h7-8,11-12,20-22,24-26,28,32,37H,3-6,9-10,13-19H2,1-2H3,(H,33,39)(H,34,38)/t21-,22-,24-,25+,26+,28+/m1/s1. The van der Waals surface area contributed by atoms with Gasteiger partial charge in [-0.15, -0.1) is 0 Å². The zero-order valence-corrected chi connectivity index (χ0v) is 24.9. The largest absolute Gasteiger partial charge is 0.493 e. The number of hydrogen-bond acceptors (Lipinski definition) is 8. The second kappa shape index (κ2) is 14.2. The van der Waals surface area contributed by atoms with E-state index in [1.54, 1.807) is 11.9 Å². The Kier molecular flexibility index (Phi) is 10.4. The Morgan fingerprint density at radius 1 is 1.10 bits per heavy atom. The molecule has 4 aliphatic rings. The molecule has 11 heteroatoms. The molecular weight excluding hydrogens is 538 g/mol. The molecule has 3 aliphatic heterocycles. The molecule has 1 aromatic carbocycles. The van der Waals surface area contributed by atoms with Gasteiger partial charge in [-0.1, -0.05) is 37.5 Å².